The van der Waals surface area contributed by atoms with Crippen molar-refractivity contribution in [1.82, 2.24) is 5.32 Å². The van der Waals surface area contributed by atoms with Gasteiger partial charge in [0.1, 0.15) is 6.10 Å². The lowest BCUT2D eigenvalue weighted by atomic mass is 10.1. The first-order chi connectivity index (χ1) is 9.54. The van der Waals surface area contributed by atoms with E-state index in [0.29, 0.717) is 12.0 Å². The van der Waals surface area contributed by atoms with Crippen LogP contribution in [0.25, 0.3) is 0 Å². The van der Waals surface area contributed by atoms with Crippen molar-refractivity contribution in [3.63, 3.8) is 0 Å². The summed E-state index contributed by atoms with van der Waals surface area (Å²) < 4.78 is 11.9. The zero-order valence-corrected chi connectivity index (χ0v) is 13.5. The molecule has 0 aliphatic rings. The second kappa shape index (κ2) is 8.85. The lowest BCUT2D eigenvalue weighted by Crippen LogP contribution is -2.38. The summed E-state index contributed by atoms with van der Waals surface area (Å²) in [6.07, 6.45) is 1.14. The Morgan fingerprint density at radius 3 is 2.25 bits per heavy atom. The lowest BCUT2D eigenvalue weighted by molar-refractivity contribution is 0.139. The smallest absolute Gasteiger partial charge is 0.161 e. The average molecular weight is 279 g/mol. The molecular formula is C17H29NO2. The molecule has 3 heteroatoms. The first-order valence-electron chi connectivity index (χ1n) is 7.66. The molecule has 0 spiro atoms. The fraction of sp³-hybridized carbons (Fsp3) is 0.647. The van der Waals surface area contributed by atoms with Gasteiger partial charge in [-0.2, -0.15) is 0 Å². The van der Waals surface area contributed by atoms with Crippen LogP contribution in [0.3, 0.4) is 0 Å². The van der Waals surface area contributed by atoms with Crippen LogP contribution in [-0.4, -0.2) is 25.3 Å². The van der Waals surface area contributed by atoms with Crippen LogP contribution in [0, 0.1) is 5.92 Å². The van der Waals surface area contributed by atoms with Crippen LogP contribution in [-0.2, 0) is 0 Å². The SMILES string of the molecule is CCCOc1ccccc1OC(CNC(C)C)C(C)C. The summed E-state index contributed by atoms with van der Waals surface area (Å²) in [5.74, 6) is 2.12. The van der Waals surface area contributed by atoms with Crippen LogP contribution < -0.4 is 14.8 Å². The minimum absolute atomic E-state index is 0.142. The first-order valence-corrected chi connectivity index (χ1v) is 7.66. The van der Waals surface area contributed by atoms with Gasteiger partial charge in [-0.15, -0.1) is 0 Å². The van der Waals surface area contributed by atoms with Crippen molar-refractivity contribution in [1.29, 1.82) is 0 Å². The Kier molecular flexibility index (Phi) is 7.45. The van der Waals surface area contributed by atoms with E-state index in [1.54, 1.807) is 0 Å². The van der Waals surface area contributed by atoms with Crippen molar-refractivity contribution in [2.24, 2.45) is 5.92 Å². The van der Waals surface area contributed by atoms with E-state index in [-0.39, 0.29) is 6.10 Å². The van der Waals surface area contributed by atoms with Gasteiger partial charge in [-0.05, 0) is 24.5 Å². The largest absolute Gasteiger partial charge is 0.490 e. The van der Waals surface area contributed by atoms with E-state index in [1.807, 2.05) is 24.3 Å². The third kappa shape index (κ3) is 5.83. The summed E-state index contributed by atoms with van der Waals surface area (Å²) in [4.78, 5) is 0. The standard InChI is InChI=1S/C17H29NO2/c1-6-11-19-15-9-7-8-10-16(15)20-17(13(2)3)12-18-14(4)5/h7-10,13-14,17-18H,6,11-12H2,1-5H3. The van der Waals surface area contributed by atoms with E-state index in [4.69, 9.17) is 9.47 Å². The normalized spacial score (nSPS) is 12.8. The lowest BCUT2D eigenvalue weighted by Gasteiger charge is -2.25. The number of hydrogen-bond donors (Lipinski definition) is 1. The molecule has 0 saturated carbocycles. The average Bonchev–Trinajstić information content (AvgIpc) is 2.41. The minimum atomic E-state index is 0.142. The Hall–Kier alpha value is -1.22. The van der Waals surface area contributed by atoms with Crippen LogP contribution in [0.15, 0.2) is 24.3 Å². The molecule has 0 heterocycles. The van der Waals surface area contributed by atoms with E-state index >= 15 is 0 Å². The van der Waals surface area contributed by atoms with E-state index in [9.17, 15) is 0 Å². The zero-order chi connectivity index (χ0) is 15.0. The molecular weight excluding hydrogens is 250 g/mol. The molecule has 20 heavy (non-hydrogen) atoms. The number of benzene rings is 1. The Labute approximate surface area is 123 Å². The van der Waals surface area contributed by atoms with Crippen molar-refractivity contribution in [3.05, 3.63) is 24.3 Å². The number of ether oxygens (including phenoxy) is 2. The fourth-order valence-electron chi connectivity index (χ4n) is 1.81. The highest BCUT2D eigenvalue weighted by molar-refractivity contribution is 5.39. The van der Waals surface area contributed by atoms with Gasteiger partial charge in [-0.25, -0.2) is 0 Å². The van der Waals surface area contributed by atoms with E-state index in [1.165, 1.54) is 0 Å². The van der Waals surface area contributed by atoms with Crippen molar-refractivity contribution in [2.45, 2.75) is 53.2 Å². The molecule has 0 amide bonds. The molecule has 0 radical (unpaired) electrons. The van der Waals surface area contributed by atoms with Gasteiger partial charge in [0.25, 0.3) is 0 Å². The molecule has 1 N–H and O–H groups in total. The van der Waals surface area contributed by atoms with Crippen molar-refractivity contribution < 1.29 is 9.47 Å². The van der Waals surface area contributed by atoms with Crippen molar-refractivity contribution in [3.8, 4) is 11.5 Å². The molecule has 1 aromatic carbocycles. The molecule has 0 aliphatic carbocycles. The Morgan fingerprint density at radius 1 is 1.05 bits per heavy atom. The van der Waals surface area contributed by atoms with Gasteiger partial charge in [-0.1, -0.05) is 46.8 Å². The molecule has 0 saturated heterocycles. The molecule has 1 rings (SSSR count). The molecule has 0 fully saturated rings. The summed E-state index contributed by atoms with van der Waals surface area (Å²) in [5, 5.41) is 3.44. The monoisotopic (exact) mass is 279 g/mol. The van der Waals surface area contributed by atoms with Crippen LogP contribution in [0.1, 0.15) is 41.0 Å². The van der Waals surface area contributed by atoms with Gasteiger partial charge in [0.05, 0.1) is 6.61 Å². The topological polar surface area (TPSA) is 30.5 Å². The molecule has 114 valence electrons. The maximum atomic E-state index is 6.17. The predicted molar refractivity (Wildman–Crippen MR) is 84.6 cm³/mol. The summed E-state index contributed by atoms with van der Waals surface area (Å²) in [7, 11) is 0. The third-order valence-electron chi connectivity index (χ3n) is 3.06. The number of rotatable bonds is 9. The minimum Gasteiger partial charge on any atom is -0.490 e. The highest BCUT2D eigenvalue weighted by Gasteiger charge is 2.17. The highest BCUT2D eigenvalue weighted by Crippen LogP contribution is 2.28. The molecule has 0 aromatic heterocycles. The van der Waals surface area contributed by atoms with Crippen molar-refractivity contribution >= 4 is 0 Å². The molecule has 3 nitrogen and oxygen atoms in total. The van der Waals surface area contributed by atoms with E-state index in [0.717, 1.165) is 31.1 Å². The molecule has 1 atom stereocenters. The summed E-state index contributed by atoms with van der Waals surface area (Å²) >= 11 is 0. The number of hydrogen-bond acceptors (Lipinski definition) is 3. The van der Waals surface area contributed by atoms with Crippen LogP contribution in [0.2, 0.25) is 0 Å². The second-order valence-corrected chi connectivity index (χ2v) is 5.76. The Balaban J connectivity index is 2.71. The molecule has 0 aliphatic heterocycles. The van der Waals surface area contributed by atoms with Gasteiger partial charge in [0.15, 0.2) is 11.5 Å². The number of para-hydroxylation sites is 2. The first kappa shape index (κ1) is 16.8. The highest BCUT2D eigenvalue weighted by atomic mass is 16.5. The number of nitrogens with one attached hydrogen (secondary N) is 1. The molecule has 1 unspecified atom stereocenters. The van der Waals surface area contributed by atoms with Gasteiger partial charge >= 0.3 is 0 Å². The zero-order valence-electron chi connectivity index (χ0n) is 13.5. The van der Waals surface area contributed by atoms with Gasteiger partial charge < -0.3 is 14.8 Å². The predicted octanol–water partition coefficient (Wildman–Crippen LogP) is 3.88. The maximum absolute atomic E-state index is 6.17. The van der Waals surface area contributed by atoms with Gasteiger partial charge in [-0.3, -0.25) is 0 Å². The van der Waals surface area contributed by atoms with Crippen LogP contribution >= 0.6 is 0 Å². The third-order valence-corrected chi connectivity index (χ3v) is 3.06. The van der Waals surface area contributed by atoms with Crippen LogP contribution in [0.4, 0.5) is 0 Å². The molecule has 0 bridgehead atoms. The Bertz CT molecular complexity index is 377. The summed E-state index contributed by atoms with van der Waals surface area (Å²) in [6.45, 7) is 12.3. The van der Waals surface area contributed by atoms with E-state index < -0.39 is 0 Å². The second-order valence-electron chi connectivity index (χ2n) is 5.76. The van der Waals surface area contributed by atoms with Gasteiger partial charge in [0.2, 0.25) is 0 Å². The van der Waals surface area contributed by atoms with E-state index in [2.05, 4.69) is 39.9 Å². The molecule has 1 aromatic rings. The summed E-state index contributed by atoms with van der Waals surface area (Å²) in [5.41, 5.74) is 0. The van der Waals surface area contributed by atoms with Crippen molar-refractivity contribution in [2.75, 3.05) is 13.2 Å². The fourth-order valence-corrected chi connectivity index (χ4v) is 1.81. The summed E-state index contributed by atoms with van der Waals surface area (Å²) in [6, 6.07) is 8.38. The van der Waals surface area contributed by atoms with Gasteiger partial charge in [0, 0.05) is 12.6 Å². The van der Waals surface area contributed by atoms with Crippen LogP contribution in [0.5, 0.6) is 11.5 Å². The Morgan fingerprint density at radius 2 is 1.70 bits per heavy atom. The maximum Gasteiger partial charge on any atom is 0.161 e. The quantitative estimate of drug-likeness (QED) is 0.744.